The Hall–Kier alpha value is -2.11. The molecular weight excluding hydrogens is 363 g/mol. The minimum atomic E-state index is -0.217. The number of carbonyl (C=O) groups excluding carboxylic acids is 1. The molecule has 1 unspecified atom stereocenters. The number of aromatic nitrogens is 2. The average Bonchev–Trinajstić information content (AvgIpc) is 3.06. The molecule has 1 aromatic carbocycles. The van der Waals surface area contributed by atoms with Crippen molar-refractivity contribution in [2.45, 2.75) is 26.4 Å². The van der Waals surface area contributed by atoms with Crippen molar-refractivity contribution in [1.29, 1.82) is 0 Å². The maximum absolute atomic E-state index is 10.9. The summed E-state index contributed by atoms with van der Waals surface area (Å²) in [5, 5.41) is 4.89. The summed E-state index contributed by atoms with van der Waals surface area (Å²) in [5.41, 5.74) is 1.34. The molecule has 0 aliphatic heterocycles. The van der Waals surface area contributed by atoms with Crippen LogP contribution in [0.2, 0.25) is 5.02 Å². The van der Waals surface area contributed by atoms with E-state index in [-0.39, 0.29) is 12.0 Å². The maximum Gasteiger partial charge on any atom is 0.259 e. The first-order valence-corrected chi connectivity index (χ1v) is 8.57. The Morgan fingerprint density at radius 3 is 2.80 bits per heavy atom. The molecule has 7 heteroatoms. The Morgan fingerprint density at radius 1 is 1.36 bits per heavy atom. The van der Waals surface area contributed by atoms with Gasteiger partial charge < -0.3 is 14.1 Å². The van der Waals surface area contributed by atoms with E-state index in [1.807, 2.05) is 26.0 Å². The highest BCUT2D eigenvalue weighted by Gasteiger charge is 2.21. The third-order valence-corrected chi connectivity index (χ3v) is 4.22. The van der Waals surface area contributed by atoms with Gasteiger partial charge in [0.1, 0.15) is 12.0 Å². The van der Waals surface area contributed by atoms with Crippen molar-refractivity contribution in [2.24, 2.45) is 5.92 Å². The second kappa shape index (κ2) is 7.42. The lowest BCUT2D eigenvalue weighted by atomic mass is 9.98. The molecular formula is C18H16Cl2N2O3. The lowest BCUT2D eigenvalue weighted by Gasteiger charge is -2.11. The topological polar surface area (TPSA) is 65.2 Å². The fourth-order valence-electron chi connectivity index (χ4n) is 2.42. The van der Waals surface area contributed by atoms with Gasteiger partial charge in [0.05, 0.1) is 16.7 Å². The monoisotopic (exact) mass is 378 g/mol. The number of benzene rings is 1. The van der Waals surface area contributed by atoms with Crippen molar-refractivity contribution in [2.75, 3.05) is 0 Å². The quantitative estimate of drug-likeness (QED) is 0.692. The van der Waals surface area contributed by atoms with Gasteiger partial charge in [-0.15, -0.1) is 0 Å². The van der Waals surface area contributed by atoms with Crippen molar-refractivity contribution in [3.05, 3.63) is 46.3 Å². The van der Waals surface area contributed by atoms with Crippen molar-refractivity contribution in [1.82, 2.24) is 10.1 Å². The van der Waals surface area contributed by atoms with E-state index in [1.54, 1.807) is 18.2 Å². The molecule has 3 rings (SSSR count). The van der Waals surface area contributed by atoms with Gasteiger partial charge >= 0.3 is 0 Å². The van der Waals surface area contributed by atoms with Crippen LogP contribution in [0, 0.1) is 5.92 Å². The van der Waals surface area contributed by atoms with E-state index in [9.17, 15) is 4.79 Å². The first-order chi connectivity index (χ1) is 12.0. The van der Waals surface area contributed by atoms with E-state index in [4.69, 9.17) is 32.5 Å². The molecule has 0 radical (unpaired) electrons. The highest BCUT2D eigenvalue weighted by Crippen LogP contribution is 2.34. The number of hydrogen-bond donors (Lipinski definition) is 0. The molecule has 2 aromatic rings. The van der Waals surface area contributed by atoms with Crippen LogP contribution in [0.5, 0.6) is 5.75 Å². The number of nitrogens with zero attached hydrogens (tertiary/aromatic N) is 2. The van der Waals surface area contributed by atoms with Crippen LogP contribution in [0.25, 0.3) is 17.0 Å². The predicted octanol–water partition coefficient (Wildman–Crippen LogP) is 4.90. The summed E-state index contributed by atoms with van der Waals surface area (Å²) < 4.78 is 10.9. The Labute approximate surface area is 155 Å². The van der Waals surface area contributed by atoms with Gasteiger partial charge in [0.15, 0.2) is 0 Å². The van der Waals surface area contributed by atoms with Gasteiger partial charge in [0.25, 0.3) is 5.89 Å². The number of carbonyl (C=O) groups is 1. The summed E-state index contributed by atoms with van der Waals surface area (Å²) in [6.07, 6.45) is 4.95. The van der Waals surface area contributed by atoms with E-state index in [2.05, 4.69) is 10.1 Å². The normalized spacial score (nSPS) is 17.2. The molecule has 1 heterocycles. The van der Waals surface area contributed by atoms with Crippen LogP contribution in [-0.4, -0.2) is 22.5 Å². The number of aldehydes is 1. The molecule has 1 atom stereocenters. The molecule has 0 amide bonds. The zero-order valence-electron chi connectivity index (χ0n) is 13.7. The molecule has 0 bridgehead atoms. The molecule has 1 aromatic heterocycles. The number of ether oxygens (including phenoxy) is 1. The first kappa shape index (κ1) is 17.7. The minimum Gasteiger partial charge on any atom is -0.489 e. The van der Waals surface area contributed by atoms with E-state index < -0.39 is 0 Å². The zero-order chi connectivity index (χ0) is 18.0. The Morgan fingerprint density at radius 2 is 2.16 bits per heavy atom. The van der Waals surface area contributed by atoms with E-state index >= 15 is 0 Å². The van der Waals surface area contributed by atoms with Crippen LogP contribution in [0.3, 0.4) is 0 Å². The standard InChI is InChI=1S/C18H16Cl2N2O3/c1-10(2)24-16-6-4-12(8-15(16)20)17-21-18(25-22-17)13-5-3-11(9-23)7-14(13)19/h4-11H,3H2,1-2H3. The summed E-state index contributed by atoms with van der Waals surface area (Å²) in [6.45, 7) is 3.86. The minimum absolute atomic E-state index is 0.0301. The van der Waals surface area contributed by atoms with Crippen LogP contribution in [0.1, 0.15) is 26.2 Å². The zero-order valence-corrected chi connectivity index (χ0v) is 15.2. The molecule has 130 valence electrons. The van der Waals surface area contributed by atoms with Gasteiger partial charge in [0.2, 0.25) is 5.82 Å². The van der Waals surface area contributed by atoms with Gasteiger partial charge in [-0.3, -0.25) is 0 Å². The summed E-state index contributed by atoms with van der Waals surface area (Å²) >= 11 is 12.5. The van der Waals surface area contributed by atoms with Crippen molar-refractivity contribution >= 4 is 35.1 Å². The van der Waals surface area contributed by atoms with Crippen molar-refractivity contribution in [3.63, 3.8) is 0 Å². The fraction of sp³-hybridized carbons (Fsp3) is 0.278. The summed E-state index contributed by atoms with van der Waals surface area (Å²) in [4.78, 5) is 15.2. The van der Waals surface area contributed by atoms with E-state index in [1.165, 1.54) is 0 Å². The first-order valence-electron chi connectivity index (χ1n) is 7.81. The van der Waals surface area contributed by atoms with Crippen LogP contribution < -0.4 is 4.74 Å². The van der Waals surface area contributed by atoms with Gasteiger partial charge in [-0.1, -0.05) is 40.5 Å². The van der Waals surface area contributed by atoms with Crippen LogP contribution in [-0.2, 0) is 4.79 Å². The number of allylic oxidation sites excluding steroid dienone is 4. The number of rotatable bonds is 5. The highest BCUT2D eigenvalue weighted by molar-refractivity contribution is 6.37. The molecule has 5 nitrogen and oxygen atoms in total. The molecule has 0 fully saturated rings. The molecule has 0 N–H and O–H groups in total. The number of hydrogen-bond acceptors (Lipinski definition) is 5. The SMILES string of the molecule is CC(C)Oc1ccc(-c2noc(C3=CCC(C=O)C=C3Cl)n2)cc1Cl. The van der Waals surface area contributed by atoms with Gasteiger partial charge in [-0.25, -0.2) is 0 Å². The van der Waals surface area contributed by atoms with Gasteiger partial charge in [-0.2, -0.15) is 4.98 Å². The summed E-state index contributed by atoms with van der Waals surface area (Å²) in [6, 6.07) is 5.31. The molecule has 0 saturated heterocycles. The van der Waals surface area contributed by atoms with Crippen LogP contribution in [0.15, 0.2) is 39.9 Å². The Balaban J connectivity index is 1.85. The number of halogens is 2. The molecule has 0 saturated carbocycles. The van der Waals surface area contributed by atoms with Crippen molar-refractivity contribution < 1.29 is 14.1 Å². The third-order valence-electron chi connectivity index (χ3n) is 3.60. The molecule has 0 spiro atoms. The molecule has 1 aliphatic rings. The predicted molar refractivity (Wildman–Crippen MR) is 96.6 cm³/mol. The maximum atomic E-state index is 10.9. The third kappa shape index (κ3) is 3.94. The molecule has 1 aliphatic carbocycles. The van der Waals surface area contributed by atoms with Crippen LogP contribution >= 0.6 is 23.2 Å². The smallest absolute Gasteiger partial charge is 0.259 e. The summed E-state index contributed by atoms with van der Waals surface area (Å²) in [7, 11) is 0. The Bertz CT molecular complexity index is 856. The summed E-state index contributed by atoms with van der Waals surface area (Å²) in [5.74, 6) is 1.09. The Kier molecular flexibility index (Phi) is 5.25. The van der Waals surface area contributed by atoms with Gasteiger partial charge in [0, 0.05) is 16.5 Å². The van der Waals surface area contributed by atoms with Crippen molar-refractivity contribution in [3.8, 4) is 17.1 Å². The average molecular weight is 379 g/mol. The van der Waals surface area contributed by atoms with E-state index in [0.717, 1.165) is 6.29 Å². The lowest BCUT2D eigenvalue weighted by molar-refractivity contribution is -0.109. The van der Waals surface area contributed by atoms with Gasteiger partial charge in [-0.05, 0) is 38.5 Å². The highest BCUT2D eigenvalue weighted by atomic mass is 35.5. The van der Waals surface area contributed by atoms with Crippen LogP contribution in [0.4, 0.5) is 0 Å². The lowest BCUT2D eigenvalue weighted by Crippen LogP contribution is -2.05. The molecule has 25 heavy (non-hydrogen) atoms. The second-order valence-electron chi connectivity index (χ2n) is 5.90. The second-order valence-corrected chi connectivity index (χ2v) is 6.72. The fourth-order valence-corrected chi connectivity index (χ4v) is 2.97. The van der Waals surface area contributed by atoms with E-state index in [0.29, 0.717) is 45.1 Å². The largest absolute Gasteiger partial charge is 0.489 e.